The molecule has 0 amide bonds. The Morgan fingerprint density at radius 3 is 2.30 bits per heavy atom. The summed E-state index contributed by atoms with van der Waals surface area (Å²) in [5.41, 5.74) is 0.0897. The van der Waals surface area contributed by atoms with Crippen molar-refractivity contribution in [2.24, 2.45) is 0 Å². The molecule has 6 rings (SSSR count). The predicted octanol–water partition coefficient (Wildman–Crippen LogP) is 6.32. The molecule has 0 aliphatic rings. The number of benzene rings is 5. The fourth-order valence-electron chi connectivity index (χ4n) is 4.22. The van der Waals surface area contributed by atoms with Crippen molar-refractivity contribution in [3.63, 3.8) is 0 Å². The molecule has 0 saturated carbocycles. The van der Waals surface area contributed by atoms with Crippen molar-refractivity contribution >= 4 is 63.8 Å². The molecule has 0 spiro atoms. The number of rotatable bonds is 1. The van der Waals surface area contributed by atoms with Crippen molar-refractivity contribution in [1.29, 1.82) is 0 Å². The summed E-state index contributed by atoms with van der Waals surface area (Å²) < 4.78 is 7.37. The van der Waals surface area contributed by atoms with Gasteiger partial charge in [-0.1, -0.05) is 42.5 Å². The number of ether oxygens (including phenoxy) is 1. The van der Waals surface area contributed by atoms with Gasteiger partial charge >= 0.3 is 0 Å². The van der Waals surface area contributed by atoms with Gasteiger partial charge in [-0.05, 0) is 51.2 Å². The molecule has 1 heterocycles. The molecule has 0 aliphatic heterocycles. The summed E-state index contributed by atoms with van der Waals surface area (Å²) in [5, 5.41) is 8.82. The Morgan fingerprint density at radius 2 is 1.48 bits per heavy atom. The van der Waals surface area contributed by atoms with Crippen LogP contribution in [0.15, 0.2) is 71.5 Å². The predicted molar refractivity (Wildman–Crippen MR) is 116 cm³/mol. The SMILES string of the molecule is COc1ccc2c(=O)c3cc4ccc5cccc6ccc(c3sc2c1)c4c56. The zero-order valence-corrected chi connectivity index (χ0v) is 15.4. The van der Waals surface area contributed by atoms with Crippen molar-refractivity contribution in [3.05, 3.63) is 77.0 Å². The van der Waals surface area contributed by atoms with Crippen LogP contribution in [0.4, 0.5) is 0 Å². The average molecular weight is 366 g/mol. The van der Waals surface area contributed by atoms with Crippen molar-refractivity contribution in [3.8, 4) is 5.75 Å². The van der Waals surface area contributed by atoms with Crippen LogP contribution in [0.5, 0.6) is 5.75 Å². The van der Waals surface area contributed by atoms with Crippen LogP contribution in [0.2, 0.25) is 0 Å². The van der Waals surface area contributed by atoms with E-state index in [9.17, 15) is 4.79 Å². The van der Waals surface area contributed by atoms with E-state index in [2.05, 4.69) is 48.5 Å². The minimum atomic E-state index is 0.0897. The Kier molecular flexibility index (Phi) is 2.87. The van der Waals surface area contributed by atoms with Crippen molar-refractivity contribution in [2.75, 3.05) is 7.11 Å². The first kappa shape index (κ1) is 14.9. The van der Waals surface area contributed by atoms with Gasteiger partial charge in [-0.15, -0.1) is 11.3 Å². The van der Waals surface area contributed by atoms with E-state index >= 15 is 0 Å². The zero-order valence-electron chi connectivity index (χ0n) is 14.6. The van der Waals surface area contributed by atoms with Gasteiger partial charge in [-0.2, -0.15) is 0 Å². The van der Waals surface area contributed by atoms with E-state index in [1.807, 2.05) is 18.2 Å². The first-order chi connectivity index (χ1) is 13.2. The monoisotopic (exact) mass is 366 g/mol. The average Bonchev–Trinajstić information content (AvgIpc) is 2.72. The lowest BCUT2D eigenvalue weighted by molar-refractivity contribution is 0.415. The Hall–Kier alpha value is -3.17. The minimum Gasteiger partial charge on any atom is -0.497 e. The highest BCUT2D eigenvalue weighted by molar-refractivity contribution is 7.25. The van der Waals surface area contributed by atoms with Gasteiger partial charge in [-0.25, -0.2) is 0 Å². The highest BCUT2D eigenvalue weighted by Crippen LogP contribution is 2.40. The molecule has 6 aromatic rings. The second kappa shape index (κ2) is 5.18. The fraction of sp³-hybridized carbons (Fsp3) is 0.0417. The quantitative estimate of drug-likeness (QED) is 0.251. The van der Waals surface area contributed by atoms with Gasteiger partial charge < -0.3 is 4.74 Å². The third-order valence-electron chi connectivity index (χ3n) is 5.49. The van der Waals surface area contributed by atoms with E-state index in [4.69, 9.17) is 4.74 Å². The molecular weight excluding hydrogens is 352 g/mol. The number of hydrogen-bond acceptors (Lipinski definition) is 3. The van der Waals surface area contributed by atoms with Gasteiger partial charge in [0, 0.05) is 25.6 Å². The molecule has 0 unspecified atom stereocenters. The number of fused-ring (bicyclic) bond motifs is 3. The van der Waals surface area contributed by atoms with Gasteiger partial charge in [0.05, 0.1) is 7.11 Å². The maximum absolute atomic E-state index is 13.2. The van der Waals surface area contributed by atoms with E-state index in [1.165, 1.54) is 21.5 Å². The molecule has 0 bridgehead atoms. The fourth-order valence-corrected chi connectivity index (χ4v) is 5.43. The summed E-state index contributed by atoms with van der Waals surface area (Å²) in [4.78, 5) is 13.2. The Bertz CT molecular complexity index is 1560. The van der Waals surface area contributed by atoms with Gasteiger partial charge in [0.2, 0.25) is 0 Å². The molecule has 0 saturated heterocycles. The van der Waals surface area contributed by atoms with Crippen molar-refractivity contribution in [2.45, 2.75) is 0 Å². The van der Waals surface area contributed by atoms with Gasteiger partial charge in [0.25, 0.3) is 0 Å². The van der Waals surface area contributed by atoms with Crippen LogP contribution in [-0.2, 0) is 0 Å². The molecule has 0 atom stereocenters. The third-order valence-corrected chi connectivity index (χ3v) is 6.69. The van der Waals surface area contributed by atoms with Crippen LogP contribution in [0.3, 0.4) is 0 Å². The maximum Gasteiger partial charge on any atom is 0.195 e. The molecule has 0 fully saturated rings. The van der Waals surface area contributed by atoms with E-state index in [1.54, 1.807) is 18.4 Å². The lowest BCUT2D eigenvalue weighted by Gasteiger charge is -2.13. The lowest BCUT2D eigenvalue weighted by Crippen LogP contribution is -2.01. The summed E-state index contributed by atoms with van der Waals surface area (Å²) in [6.45, 7) is 0. The molecule has 2 nitrogen and oxygen atoms in total. The van der Waals surface area contributed by atoms with Crippen LogP contribution in [0, 0.1) is 0 Å². The molecule has 3 heteroatoms. The van der Waals surface area contributed by atoms with E-state index in [0.29, 0.717) is 0 Å². The normalized spacial score (nSPS) is 12.0. The zero-order chi connectivity index (χ0) is 18.1. The summed E-state index contributed by atoms with van der Waals surface area (Å²) in [6.07, 6.45) is 0. The van der Waals surface area contributed by atoms with Gasteiger partial charge in [0.1, 0.15) is 5.75 Å². The summed E-state index contributed by atoms with van der Waals surface area (Å²) in [7, 11) is 1.65. The Labute approximate surface area is 158 Å². The van der Waals surface area contributed by atoms with Crippen molar-refractivity contribution < 1.29 is 4.74 Å². The van der Waals surface area contributed by atoms with Gasteiger partial charge in [0.15, 0.2) is 5.43 Å². The Morgan fingerprint density at radius 1 is 0.741 bits per heavy atom. The summed E-state index contributed by atoms with van der Waals surface area (Å²) >= 11 is 1.67. The standard InChI is InChI=1S/C24H14O2S/c1-26-16-8-10-17-20(12-16)27-24-18-9-7-14-4-2-3-13-5-6-15(22(18)21(13)14)11-19(24)23(17)25/h2-12H,1H3. The first-order valence-electron chi connectivity index (χ1n) is 8.86. The van der Waals surface area contributed by atoms with Crippen molar-refractivity contribution in [1.82, 2.24) is 0 Å². The van der Waals surface area contributed by atoms with E-state index in [0.717, 1.165) is 36.7 Å². The van der Waals surface area contributed by atoms with Crippen LogP contribution >= 0.6 is 11.3 Å². The molecule has 128 valence electrons. The second-order valence-corrected chi connectivity index (χ2v) is 7.95. The molecule has 0 radical (unpaired) electrons. The number of methoxy groups -OCH3 is 1. The smallest absolute Gasteiger partial charge is 0.195 e. The highest BCUT2D eigenvalue weighted by atomic mass is 32.1. The molecule has 5 aromatic carbocycles. The third kappa shape index (κ3) is 1.92. The molecule has 1 aromatic heterocycles. The Balaban J connectivity index is 1.92. The van der Waals surface area contributed by atoms with Crippen LogP contribution in [-0.4, -0.2) is 7.11 Å². The molecule has 0 N–H and O–H groups in total. The molecule has 27 heavy (non-hydrogen) atoms. The maximum atomic E-state index is 13.2. The molecular formula is C24H14O2S. The topological polar surface area (TPSA) is 26.3 Å². The summed E-state index contributed by atoms with van der Waals surface area (Å²) in [6, 6.07) is 22.7. The highest BCUT2D eigenvalue weighted by Gasteiger charge is 2.14. The first-order valence-corrected chi connectivity index (χ1v) is 9.67. The molecule has 0 aliphatic carbocycles. The van der Waals surface area contributed by atoms with E-state index < -0.39 is 0 Å². The number of hydrogen-bond donors (Lipinski definition) is 0. The van der Waals surface area contributed by atoms with Crippen LogP contribution in [0.25, 0.3) is 52.5 Å². The van der Waals surface area contributed by atoms with Gasteiger partial charge in [-0.3, -0.25) is 4.79 Å². The van der Waals surface area contributed by atoms with E-state index in [-0.39, 0.29) is 5.43 Å². The lowest BCUT2D eigenvalue weighted by atomic mass is 9.93. The minimum absolute atomic E-state index is 0.0897. The van der Waals surface area contributed by atoms with Crippen LogP contribution < -0.4 is 10.2 Å². The summed E-state index contributed by atoms with van der Waals surface area (Å²) in [5.74, 6) is 0.773. The van der Waals surface area contributed by atoms with Crippen LogP contribution in [0.1, 0.15) is 0 Å². The largest absolute Gasteiger partial charge is 0.497 e. The second-order valence-electron chi connectivity index (χ2n) is 6.90.